The molecule has 0 fully saturated rings. The second-order valence-corrected chi connectivity index (χ2v) is 3.89. The van der Waals surface area contributed by atoms with Gasteiger partial charge in [0.25, 0.3) is 0 Å². The lowest BCUT2D eigenvalue weighted by atomic mass is 10.2. The topological polar surface area (TPSA) is 69.6 Å². The van der Waals surface area contributed by atoms with Gasteiger partial charge in [0, 0.05) is 0 Å². The van der Waals surface area contributed by atoms with Crippen molar-refractivity contribution >= 4 is 18.6 Å². The average Bonchev–Trinajstić information content (AvgIpc) is 1.80. The van der Waals surface area contributed by atoms with Crippen LogP contribution in [0.25, 0.3) is 0 Å². The maximum absolute atomic E-state index is 10.4. The molecule has 0 bridgehead atoms. The third-order valence-electron chi connectivity index (χ3n) is 1.01. The standard InChI is InChI=1S/C6H13NO3S/c1-6(2,11)7-4(3-8)5(9)10/h4,7-8,11H,3H2,1-2H3,(H,9,10)/t4-/m0/s1. The van der Waals surface area contributed by atoms with Gasteiger partial charge < -0.3 is 10.2 Å². The van der Waals surface area contributed by atoms with Crippen LogP contribution >= 0.6 is 12.6 Å². The SMILES string of the molecule is CC(C)(S)N[C@@H](CO)C(=O)O. The lowest BCUT2D eigenvalue weighted by Crippen LogP contribution is -2.48. The first-order chi connectivity index (χ1) is 4.87. The van der Waals surface area contributed by atoms with E-state index in [0.717, 1.165) is 0 Å². The minimum Gasteiger partial charge on any atom is -0.480 e. The maximum atomic E-state index is 10.4. The fourth-order valence-corrected chi connectivity index (χ4v) is 0.768. The molecule has 0 amide bonds. The molecule has 0 aliphatic rings. The number of aliphatic hydroxyl groups excluding tert-OH is 1. The predicted molar refractivity (Wildman–Crippen MR) is 44.7 cm³/mol. The van der Waals surface area contributed by atoms with Crippen molar-refractivity contribution in [2.75, 3.05) is 6.61 Å². The van der Waals surface area contributed by atoms with Gasteiger partial charge in [0.15, 0.2) is 0 Å². The van der Waals surface area contributed by atoms with E-state index in [1.165, 1.54) is 0 Å². The molecule has 3 N–H and O–H groups in total. The van der Waals surface area contributed by atoms with Crippen LogP contribution in [0.3, 0.4) is 0 Å². The van der Waals surface area contributed by atoms with Gasteiger partial charge >= 0.3 is 5.97 Å². The Morgan fingerprint density at radius 1 is 1.73 bits per heavy atom. The Morgan fingerprint density at radius 2 is 2.18 bits per heavy atom. The molecule has 66 valence electrons. The summed E-state index contributed by atoms with van der Waals surface area (Å²) < 4.78 is 0. The summed E-state index contributed by atoms with van der Waals surface area (Å²) in [5, 5.41) is 19.7. The summed E-state index contributed by atoms with van der Waals surface area (Å²) in [5.74, 6) is -1.07. The number of carboxylic acid groups (broad SMARTS) is 1. The van der Waals surface area contributed by atoms with E-state index in [2.05, 4.69) is 17.9 Å². The van der Waals surface area contributed by atoms with Crippen LogP contribution in [-0.2, 0) is 4.79 Å². The molecule has 0 aromatic rings. The third-order valence-corrected chi connectivity index (χ3v) is 1.14. The lowest BCUT2D eigenvalue weighted by Gasteiger charge is -2.23. The van der Waals surface area contributed by atoms with E-state index < -0.39 is 23.5 Å². The molecule has 0 heterocycles. The molecule has 11 heavy (non-hydrogen) atoms. The number of aliphatic carboxylic acids is 1. The monoisotopic (exact) mass is 179 g/mol. The molecule has 0 saturated carbocycles. The van der Waals surface area contributed by atoms with Crippen LogP contribution in [-0.4, -0.2) is 33.7 Å². The zero-order chi connectivity index (χ0) is 9.07. The first-order valence-electron chi connectivity index (χ1n) is 3.20. The van der Waals surface area contributed by atoms with E-state index in [1.54, 1.807) is 13.8 Å². The first-order valence-corrected chi connectivity index (χ1v) is 3.65. The fraction of sp³-hybridized carbons (Fsp3) is 0.833. The normalized spacial score (nSPS) is 14.5. The summed E-state index contributed by atoms with van der Waals surface area (Å²) in [6, 6.07) is -0.942. The van der Waals surface area contributed by atoms with Crippen molar-refractivity contribution in [1.29, 1.82) is 0 Å². The maximum Gasteiger partial charge on any atom is 0.323 e. The Kier molecular flexibility index (Phi) is 3.85. The second-order valence-electron chi connectivity index (χ2n) is 2.78. The Labute approximate surface area is 71.0 Å². The molecule has 0 saturated heterocycles. The van der Waals surface area contributed by atoms with Crippen LogP contribution in [0.15, 0.2) is 0 Å². The molecule has 0 rings (SSSR count). The van der Waals surface area contributed by atoms with E-state index in [1.807, 2.05) is 0 Å². The Balaban J connectivity index is 3.99. The van der Waals surface area contributed by atoms with Crippen molar-refractivity contribution in [1.82, 2.24) is 5.32 Å². The van der Waals surface area contributed by atoms with E-state index in [9.17, 15) is 4.79 Å². The summed E-state index contributed by atoms with van der Waals surface area (Å²) in [5.41, 5.74) is 0. The van der Waals surface area contributed by atoms with Crippen LogP contribution in [0.1, 0.15) is 13.8 Å². The fourth-order valence-electron chi connectivity index (χ4n) is 0.612. The quantitative estimate of drug-likeness (QED) is 0.353. The minimum atomic E-state index is -1.07. The first kappa shape index (κ1) is 10.7. The highest BCUT2D eigenvalue weighted by Crippen LogP contribution is 2.07. The Hall–Kier alpha value is -0.260. The summed E-state index contributed by atoms with van der Waals surface area (Å²) >= 11 is 4.06. The van der Waals surface area contributed by atoms with E-state index >= 15 is 0 Å². The molecule has 0 unspecified atom stereocenters. The largest absolute Gasteiger partial charge is 0.480 e. The number of hydrogen-bond acceptors (Lipinski definition) is 4. The number of nitrogens with one attached hydrogen (secondary N) is 1. The van der Waals surface area contributed by atoms with Gasteiger partial charge in [-0.2, -0.15) is 12.6 Å². The van der Waals surface area contributed by atoms with Crippen LogP contribution in [0.5, 0.6) is 0 Å². The van der Waals surface area contributed by atoms with Crippen LogP contribution in [0, 0.1) is 0 Å². The Bertz CT molecular complexity index is 143. The third kappa shape index (κ3) is 5.06. The summed E-state index contributed by atoms with van der Waals surface area (Å²) in [6.07, 6.45) is 0. The van der Waals surface area contributed by atoms with Crippen molar-refractivity contribution in [2.45, 2.75) is 24.8 Å². The minimum absolute atomic E-state index is 0.431. The highest BCUT2D eigenvalue weighted by molar-refractivity contribution is 7.81. The van der Waals surface area contributed by atoms with Gasteiger partial charge in [-0.1, -0.05) is 0 Å². The summed E-state index contributed by atoms with van der Waals surface area (Å²) in [7, 11) is 0. The molecule has 1 atom stereocenters. The molecule has 5 heteroatoms. The number of carbonyl (C=O) groups is 1. The molecule has 0 aromatic heterocycles. The summed E-state index contributed by atoms with van der Waals surface area (Å²) in [6.45, 7) is 2.99. The van der Waals surface area contributed by atoms with Crippen LogP contribution in [0.4, 0.5) is 0 Å². The van der Waals surface area contributed by atoms with Gasteiger partial charge in [0.1, 0.15) is 6.04 Å². The second kappa shape index (κ2) is 3.94. The van der Waals surface area contributed by atoms with Gasteiger partial charge in [-0.25, -0.2) is 0 Å². The predicted octanol–water partition coefficient (Wildman–Crippen LogP) is -0.313. The highest BCUT2D eigenvalue weighted by atomic mass is 32.1. The van der Waals surface area contributed by atoms with Crippen LogP contribution < -0.4 is 5.32 Å². The zero-order valence-corrected chi connectivity index (χ0v) is 7.43. The molecule has 4 nitrogen and oxygen atoms in total. The van der Waals surface area contributed by atoms with Gasteiger partial charge in [-0.3, -0.25) is 10.1 Å². The van der Waals surface area contributed by atoms with Crippen molar-refractivity contribution in [3.63, 3.8) is 0 Å². The highest BCUT2D eigenvalue weighted by Gasteiger charge is 2.22. The lowest BCUT2D eigenvalue weighted by molar-refractivity contribution is -0.140. The van der Waals surface area contributed by atoms with E-state index in [4.69, 9.17) is 10.2 Å². The molecule has 0 aliphatic heterocycles. The van der Waals surface area contributed by atoms with Gasteiger partial charge in [-0.15, -0.1) is 0 Å². The van der Waals surface area contributed by atoms with Crippen molar-refractivity contribution in [3.8, 4) is 0 Å². The zero-order valence-electron chi connectivity index (χ0n) is 6.53. The van der Waals surface area contributed by atoms with Crippen molar-refractivity contribution < 1.29 is 15.0 Å². The van der Waals surface area contributed by atoms with Crippen LogP contribution in [0.2, 0.25) is 0 Å². The van der Waals surface area contributed by atoms with Gasteiger partial charge in [0.05, 0.1) is 11.5 Å². The number of thiol groups is 1. The van der Waals surface area contributed by atoms with Gasteiger partial charge in [0.2, 0.25) is 0 Å². The number of carboxylic acids is 1. The van der Waals surface area contributed by atoms with Crippen molar-refractivity contribution in [3.05, 3.63) is 0 Å². The van der Waals surface area contributed by atoms with Gasteiger partial charge in [-0.05, 0) is 13.8 Å². The summed E-state index contributed by atoms with van der Waals surface area (Å²) in [4.78, 5) is 9.76. The number of aliphatic hydroxyl groups is 1. The molecule has 0 radical (unpaired) electrons. The van der Waals surface area contributed by atoms with E-state index in [-0.39, 0.29) is 0 Å². The smallest absolute Gasteiger partial charge is 0.323 e. The van der Waals surface area contributed by atoms with Crippen molar-refractivity contribution in [2.24, 2.45) is 0 Å². The number of rotatable bonds is 4. The molecule has 0 aliphatic carbocycles. The Morgan fingerprint density at radius 3 is 2.27 bits per heavy atom. The average molecular weight is 179 g/mol. The molecule has 0 spiro atoms. The molecular weight excluding hydrogens is 166 g/mol. The number of hydrogen-bond donors (Lipinski definition) is 4. The molecular formula is C6H13NO3S. The van der Waals surface area contributed by atoms with E-state index in [0.29, 0.717) is 0 Å². The molecule has 0 aromatic carbocycles.